The Morgan fingerprint density at radius 2 is 1.80 bits per heavy atom. The second-order valence-electron chi connectivity index (χ2n) is 7.33. The summed E-state index contributed by atoms with van der Waals surface area (Å²) < 4.78 is 5.58. The zero-order chi connectivity index (χ0) is 13.9. The summed E-state index contributed by atoms with van der Waals surface area (Å²) in [6.07, 6.45) is 8.05. The van der Waals surface area contributed by atoms with Gasteiger partial charge in [0.05, 0.1) is 0 Å². The van der Waals surface area contributed by atoms with Gasteiger partial charge in [-0.05, 0) is 74.7 Å². The summed E-state index contributed by atoms with van der Waals surface area (Å²) in [4.78, 5) is 11.1. The highest BCUT2D eigenvalue weighted by atomic mass is 16.4. The van der Waals surface area contributed by atoms with E-state index in [1.165, 1.54) is 32.1 Å². The van der Waals surface area contributed by atoms with E-state index in [4.69, 9.17) is 9.52 Å². The van der Waals surface area contributed by atoms with Gasteiger partial charge in [0.25, 0.3) is 0 Å². The fourth-order valence-corrected chi connectivity index (χ4v) is 5.46. The van der Waals surface area contributed by atoms with E-state index in [9.17, 15) is 4.79 Å². The Balaban J connectivity index is 1.54. The first-order valence-corrected chi connectivity index (χ1v) is 7.92. The summed E-state index contributed by atoms with van der Waals surface area (Å²) in [6, 6.07) is 1.94. The van der Waals surface area contributed by atoms with Gasteiger partial charge >= 0.3 is 5.97 Å². The molecular formula is C17H22O3. The van der Waals surface area contributed by atoms with Gasteiger partial charge in [0.15, 0.2) is 0 Å². The highest BCUT2D eigenvalue weighted by Gasteiger charge is 2.48. The average molecular weight is 274 g/mol. The maximum atomic E-state index is 11.1. The number of hydrogen-bond donors (Lipinski definition) is 1. The summed E-state index contributed by atoms with van der Waals surface area (Å²) in [6.45, 7) is 1.83. The van der Waals surface area contributed by atoms with Crippen LogP contribution in [0.25, 0.3) is 0 Å². The molecule has 20 heavy (non-hydrogen) atoms. The van der Waals surface area contributed by atoms with Crippen LogP contribution in [0.3, 0.4) is 0 Å². The molecule has 1 aromatic rings. The van der Waals surface area contributed by atoms with Gasteiger partial charge in [0, 0.05) is 12.0 Å². The molecule has 4 saturated carbocycles. The number of carboxylic acids is 1. The predicted molar refractivity (Wildman–Crippen MR) is 74.6 cm³/mol. The maximum absolute atomic E-state index is 11.1. The molecule has 4 bridgehead atoms. The second-order valence-corrected chi connectivity index (χ2v) is 7.33. The highest BCUT2D eigenvalue weighted by Crippen LogP contribution is 2.57. The van der Waals surface area contributed by atoms with E-state index in [-0.39, 0.29) is 5.76 Å². The second kappa shape index (κ2) is 4.37. The largest absolute Gasteiger partial charge is 0.475 e. The van der Waals surface area contributed by atoms with Crippen LogP contribution in [0, 0.1) is 36.5 Å². The van der Waals surface area contributed by atoms with Gasteiger partial charge in [-0.15, -0.1) is 0 Å². The van der Waals surface area contributed by atoms with E-state index in [1.807, 2.05) is 13.0 Å². The lowest BCUT2D eigenvalue weighted by Crippen LogP contribution is -2.45. The van der Waals surface area contributed by atoms with Crippen LogP contribution in [0.5, 0.6) is 0 Å². The molecule has 5 rings (SSSR count). The number of hydrogen-bond acceptors (Lipinski definition) is 2. The first-order chi connectivity index (χ1) is 9.60. The van der Waals surface area contributed by atoms with E-state index in [0.717, 1.165) is 47.3 Å². The van der Waals surface area contributed by atoms with Crippen molar-refractivity contribution in [3.05, 3.63) is 23.2 Å². The minimum Gasteiger partial charge on any atom is -0.475 e. The van der Waals surface area contributed by atoms with Crippen molar-refractivity contribution >= 4 is 5.97 Å². The third kappa shape index (κ3) is 1.90. The number of aromatic carboxylic acids is 1. The van der Waals surface area contributed by atoms with Gasteiger partial charge in [0.1, 0.15) is 5.76 Å². The van der Waals surface area contributed by atoms with E-state index >= 15 is 0 Å². The molecule has 4 aliphatic carbocycles. The molecule has 0 unspecified atom stereocenters. The summed E-state index contributed by atoms with van der Waals surface area (Å²) in [7, 11) is 0. The Labute approximate surface area is 119 Å². The molecular weight excluding hydrogens is 252 g/mol. The van der Waals surface area contributed by atoms with Gasteiger partial charge in [-0.25, -0.2) is 4.79 Å². The lowest BCUT2D eigenvalue weighted by Gasteiger charge is -2.54. The van der Waals surface area contributed by atoms with E-state index in [1.54, 1.807) is 0 Å². The number of furan rings is 1. The fourth-order valence-electron chi connectivity index (χ4n) is 5.46. The Hall–Kier alpha value is -1.25. The van der Waals surface area contributed by atoms with Crippen LogP contribution in [0.4, 0.5) is 0 Å². The standard InChI is InChI=1S/C17H22O3/c1-9-2-14(20-16(9)17(18)19)8-15-12-4-10-3-11(6-12)7-13(15)5-10/h2,10-13,15H,3-8H2,1H3,(H,18,19). The third-order valence-electron chi connectivity index (χ3n) is 6.02. The van der Waals surface area contributed by atoms with Gasteiger partial charge < -0.3 is 9.52 Å². The normalized spacial score (nSPS) is 38.4. The van der Waals surface area contributed by atoms with Crippen molar-refractivity contribution in [2.75, 3.05) is 0 Å². The number of carboxylic acid groups (broad SMARTS) is 1. The minimum atomic E-state index is -0.946. The predicted octanol–water partition coefficient (Wildman–Crippen LogP) is 3.90. The molecule has 108 valence electrons. The lowest BCUT2D eigenvalue weighted by atomic mass is 9.51. The van der Waals surface area contributed by atoms with Crippen LogP contribution in [-0.4, -0.2) is 11.1 Å². The smallest absolute Gasteiger partial charge is 0.372 e. The Kier molecular flexibility index (Phi) is 2.73. The van der Waals surface area contributed by atoms with Gasteiger partial charge in [-0.1, -0.05) is 0 Å². The third-order valence-corrected chi connectivity index (χ3v) is 6.02. The molecule has 3 nitrogen and oxygen atoms in total. The molecule has 0 radical (unpaired) electrons. The van der Waals surface area contributed by atoms with E-state index in [0.29, 0.717) is 0 Å². The molecule has 1 heterocycles. The van der Waals surface area contributed by atoms with Crippen LogP contribution in [0.15, 0.2) is 10.5 Å². The van der Waals surface area contributed by atoms with E-state index < -0.39 is 5.97 Å². The first kappa shape index (κ1) is 12.5. The molecule has 4 aliphatic rings. The molecule has 1 N–H and O–H groups in total. The molecule has 0 aromatic carbocycles. The topological polar surface area (TPSA) is 50.4 Å². The van der Waals surface area contributed by atoms with Gasteiger partial charge in [-0.2, -0.15) is 0 Å². The van der Waals surface area contributed by atoms with Crippen LogP contribution in [0.1, 0.15) is 54.0 Å². The fraction of sp³-hybridized carbons (Fsp3) is 0.706. The quantitative estimate of drug-likeness (QED) is 0.909. The minimum absolute atomic E-state index is 0.129. The number of rotatable bonds is 3. The van der Waals surface area contributed by atoms with Crippen LogP contribution in [0.2, 0.25) is 0 Å². The van der Waals surface area contributed by atoms with Crippen LogP contribution >= 0.6 is 0 Å². The maximum Gasteiger partial charge on any atom is 0.372 e. The molecule has 0 aliphatic heterocycles. The molecule has 3 heteroatoms. The SMILES string of the molecule is Cc1cc(CC2C3CC4CC(C3)CC2C4)oc1C(=O)O. The molecule has 4 fully saturated rings. The van der Waals surface area contributed by atoms with Crippen molar-refractivity contribution < 1.29 is 14.3 Å². The average Bonchev–Trinajstić information content (AvgIpc) is 2.74. The lowest BCUT2D eigenvalue weighted by molar-refractivity contribution is -0.0377. The van der Waals surface area contributed by atoms with Crippen LogP contribution in [-0.2, 0) is 6.42 Å². The zero-order valence-corrected chi connectivity index (χ0v) is 12.0. The first-order valence-electron chi connectivity index (χ1n) is 7.92. The zero-order valence-electron chi connectivity index (χ0n) is 12.0. The molecule has 0 spiro atoms. The van der Waals surface area contributed by atoms with Gasteiger partial charge in [0.2, 0.25) is 5.76 Å². The molecule has 0 atom stereocenters. The molecule has 1 aromatic heterocycles. The molecule has 0 saturated heterocycles. The van der Waals surface area contributed by atoms with Crippen molar-refractivity contribution in [2.45, 2.75) is 45.4 Å². The van der Waals surface area contributed by atoms with Crippen molar-refractivity contribution in [1.29, 1.82) is 0 Å². The van der Waals surface area contributed by atoms with E-state index in [2.05, 4.69) is 0 Å². The van der Waals surface area contributed by atoms with Crippen molar-refractivity contribution in [1.82, 2.24) is 0 Å². The van der Waals surface area contributed by atoms with Crippen molar-refractivity contribution in [3.63, 3.8) is 0 Å². The highest BCUT2D eigenvalue weighted by molar-refractivity contribution is 5.86. The Morgan fingerprint density at radius 3 is 2.30 bits per heavy atom. The summed E-state index contributed by atoms with van der Waals surface area (Å²) in [5.74, 6) is 4.51. The Morgan fingerprint density at radius 1 is 1.20 bits per heavy atom. The van der Waals surface area contributed by atoms with Crippen molar-refractivity contribution in [2.24, 2.45) is 29.6 Å². The van der Waals surface area contributed by atoms with Gasteiger partial charge in [-0.3, -0.25) is 0 Å². The van der Waals surface area contributed by atoms with Crippen LogP contribution < -0.4 is 0 Å². The summed E-state index contributed by atoms with van der Waals surface area (Å²) in [5.41, 5.74) is 0.760. The summed E-state index contributed by atoms with van der Waals surface area (Å²) in [5, 5.41) is 9.09. The number of aryl methyl sites for hydroxylation is 1. The Bertz CT molecular complexity index is 514. The number of carbonyl (C=O) groups is 1. The summed E-state index contributed by atoms with van der Waals surface area (Å²) >= 11 is 0. The van der Waals surface area contributed by atoms with Crippen molar-refractivity contribution in [3.8, 4) is 0 Å². The molecule has 0 amide bonds. The monoisotopic (exact) mass is 274 g/mol.